The van der Waals surface area contributed by atoms with Crippen molar-refractivity contribution in [1.82, 2.24) is 4.90 Å². The minimum Gasteiger partial charge on any atom is -0.326 e. The van der Waals surface area contributed by atoms with Gasteiger partial charge in [0.05, 0.1) is 6.04 Å². The van der Waals surface area contributed by atoms with Crippen LogP contribution in [-0.4, -0.2) is 24.0 Å². The zero-order valence-corrected chi connectivity index (χ0v) is 12.7. The van der Waals surface area contributed by atoms with Crippen molar-refractivity contribution < 1.29 is 0 Å². The van der Waals surface area contributed by atoms with Crippen LogP contribution in [0.3, 0.4) is 0 Å². The highest BCUT2D eigenvalue weighted by atomic mass is 32.1. The van der Waals surface area contributed by atoms with Gasteiger partial charge in [0.15, 0.2) is 0 Å². The average molecular weight is 266 g/mol. The zero-order valence-electron chi connectivity index (χ0n) is 11.9. The molecule has 102 valence electrons. The molecule has 2 unspecified atom stereocenters. The maximum Gasteiger partial charge on any atom is 0.0590 e. The van der Waals surface area contributed by atoms with Gasteiger partial charge in [0, 0.05) is 10.9 Å². The van der Waals surface area contributed by atoms with Crippen molar-refractivity contribution in [3.8, 4) is 0 Å². The predicted octanol–water partition coefficient (Wildman–Crippen LogP) is 3.65. The molecule has 2 N–H and O–H groups in total. The lowest BCUT2D eigenvalue weighted by Crippen LogP contribution is -2.45. The third-order valence-electron chi connectivity index (χ3n) is 4.58. The zero-order chi connectivity index (χ0) is 13.2. The van der Waals surface area contributed by atoms with Crippen LogP contribution in [0.1, 0.15) is 51.0 Å². The molecule has 1 aromatic heterocycles. The summed E-state index contributed by atoms with van der Waals surface area (Å²) in [5, 5.41) is 2.16. The molecular weight excluding hydrogens is 240 g/mol. The second kappa shape index (κ2) is 5.72. The molecule has 1 fully saturated rings. The molecule has 0 amide bonds. The van der Waals surface area contributed by atoms with Crippen LogP contribution in [-0.2, 0) is 0 Å². The van der Waals surface area contributed by atoms with Crippen molar-refractivity contribution in [3.05, 3.63) is 22.4 Å². The minimum atomic E-state index is 0.203. The smallest absolute Gasteiger partial charge is 0.0590 e. The van der Waals surface area contributed by atoms with E-state index in [9.17, 15) is 0 Å². The second-order valence-electron chi connectivity index (χ2n) is 6.02. The van der Waals surface area contributed by atoms with E-state index in [-0.39, 0.29) is 6.04 Å². The lowest BCUT2D eigenvalue weighted by Gasteiger charge is -2.43. The van der Waals surface area contributed by atoms with E-state index in [0.717, 1.165) is 0 Å². The normalized spacial score (nSPS) is 23.8. The van der Waals surface area contributed by atoms with Crippen molar-refractivity contribution in [2.75, 3.05) is 13.1 Å². The summed E-state index contributed by atoms with van der Waals surface area (Å²) in [6.45, 7) is 9.26. The molecule has 0 aliphatic carbocycles. The molecule has 1 saturated heterocycles. The summed E-state index contributed by atoms with van der Waals surface area (Å²) in [7, 11) is 0. The Kier molecular flexibility index (Phi) is 4.46. The number of piperidine rings is 1. The van der Waals surface area contributed by atoms with Crippen LogP contribution >= 0.6 is 11.3 Å². The molecular formula is C15H26N2S. The summed E-state index contributed by atoms with van der Waals surface area (Å²) >= 11 is 1.84. The molecule has 2 atom stereocenters. The van der Waals surface area contributed by atoms with E-state index >= 15 is 0 Å². The summed E-state index contributed by atoms with van der Waals surface area (Å²) in [5.74, 6) is 0. The van der Waals surface area contributed by atoms with Crippen LogP contribution in [0.4, 0.5) is 0 Å². The minimum absolute atomic E-state index is 0.203. The summed E-state index contributed by atoms with van der Waals surface area (Å²) in [6.07, 6.45) is 3.90. The Labute approximate surface area is 115 Å². The number of likely N-dealkylation sites (tertiary alicyclic amines) is 1. The van der Waals surface area contributed by atoms with Crippen molar-refractivity contribution in [3.63, 3.8) is 0 Å². The molecule has 0 aromatic carbocycles. The Hall–Kier alpha value is -0.380. The first-order valence-electron chi connectivity index (χ1n) is 7.09. The van der Waals surface area contributed by atoms with E-state index in [2.05, 4.69) is 43.2 Å². The maximum absolute atomic E-state index is 6.22. The number of thiophene rings is 1. The number of rotatable bonds is 4. The SMILES string of the molecule is CCC1(C)CCN(C(c2cccs2)C(C)N)CC1. The first kappa shape index (κ1) is 14.0. The third kappa shape index (κ3) is 2.95. The van der Waals surface area contributed by atoms with E-state index in [0.29, 0.717) is 11.5 Å². The van der Waals surface area contributed by atoms with E-state index < -0.39 is 0 Å². The Morgan fingerprint density at radius 3 is 2.56 bits per heavy atom. The third-order valence-corrected chi connectivity index (χ3v) is 5.53. The fourth-order valence-corrected chi connectivity index (χ4v) is 3.90. The fourth-order valence-electron chi connectivity index (χ4n) is 2.93. The Morgan fingerprint density at radius 1 is 1.44 bits per heavy atom. The van der Waals surface area contributed by atoms with Gasteiger partial charge in [-0.15, -0.1) is 11.3 Å². The number of nitrogens with zero attached hydrogens (tertiary/aromatic N) is 1. The van der Waals surface area contributed by atoms with Crippen LogP contribution in [0.15, 0.2) is 17.5 Å². The molecule has 1 aliphatic rings. The van der Waals surface area contributed by atoms with Gasteiger partial charge >= 0.3 is 0 Å². The van der Waals surface area contributed by atoms with Gasteiger partial charge in [-0.25, -0.2) is 0 Å². The first-order chi connectivity index (χ1) is 8.56. The second-order valence-corrected chi connectivity index (χ2v) is 7.00. The standard InChI is InChI=1S/C15H26N2S/c1-4-15(3)7-9-17(10-8-15)14(12(2)16)13-6-5-11-18-13/h5-6,11-12,14H,4,7-10,16H2,1-3H3. The number of hydrogen-bond acceptors (Lipinski definition) is 3. The molecule has 0 radical (unpaired) electrons. The number of hydrogen-bond donors (Lipinski definition) is 1. The Balaban J connectivity index is 2.06. The molecule has 1 aliphatic heterocycles. The summed E-state index contributed by atoms with van der Waals surface area (Å²) in [4.78, 5) is 4.01. The summed E-state index contributed by atoms with van der Waals surface area (Å²) < 4.78 is 0. The molecule has 0 saturated carbocycles. The molecule has 2 nitrogen and oxygen atoms in total. The monoisotopic (exact) mass is 266 g/mol. The van der Waals surface area contributed by atoms with Gasteiger partial charge in [-0.3, -0.25) is 4.90 Å². The van der Waals surface area contributed by atoms with E-state index in [1.807, 2.05) is 11.3 Å². The van der Waals surface area contributed by atoms with Gasteiger partial charge in [-0.05, 0) is 49.7 Å². The molecule has 18 heavy (non-hydrogen) atoms. The van der Waals surface area contributed by atoms with Crippen LogP contribution in [0.2, 0.25) is 0 Å². The largest absolute Gasteiger partial charge is 0.326 e. The van der Waals surface area contributed by atoms with Gasteiger partial charge < -0.3 is 5.73 Å². The molecule has 3 heteroatoms. The topological polar surface area (TPSA) is 29.3 Å². The van der Waals surface area contributed by atoms with Crippen LogP contribution in [0, 0.1) is 5.41 Å². The first-order valence-corrected chi connectivity index (χ1v) is 7.97. The van der Waals surface area contributed by atoms with E-state index in [1.165, 1.54) is 37.2 Å². The van der Waals surface area contributed by atoms with Gasteiger partial charge in [0.25, 0.3) is 0 Å². The molecule has 2 heterocycles. The highest BCUT2D eigenvalue weighted by Gasteiger charge is 2.33. The van der Waals surface area contributed by atoms with Gasteiger partial charge in [-0.1, -0.05) is 26.3 Å². The van der Waals surface area contributed by atoms with Gasteiger partial charge in [0.2, 0.25) is 0 Å². The Bertz CT molecular complexity index is 351. The Morgan fingerprint density at radius 2 is 2.11 bits per heavy atom. The lowest BCUT2D eigenvalue weighted by molar-refractivity contribution is 0.0735. The van der Waals surface area contributed by atoms with Crippen molar-refractivity contribution in [1.29, 1.82) is 0 Å². The molecule has 1 aromatic rings. The molecule has 2 rings (SSSR count). The average Bonchev–Trinajstić information content (AvgIpc) is 2.85. The van der Waals surface area contributed by atoms with E-state index in [1.54, 1.807) is 0 Å². The highest BCUT2D eigenvalue weighted by Crippen LogP contribution is 2.38. The van der Waals surface area contributed by atoms with Crippen LogP contribution in [0.25, 0.3) is 0 Å². The summed E-state index contributed by atoms with van der Waals surface area (Å²) in [5.41, 5.74) is 6.77. The van der Waals surface area contributed by atoms with Crippen molar-refractivity contribution in [2.24, 2.45) is 11.1 Å². The predicted molar refractivity (Wildman–Crippen MR) is 79.9 cm³/mol. The van der Waals surface area contributed by atoms with E-state index in [4.69, 9.17) is 5.73 Å². The van der Waals surface area contributed by atoms with Gasteiger partial charge in [0.1, 0.15) is 0 Å². The number of nitrogens with two attached hydrogens (primary N) is 1. The lowest BCUT2D eigenvalue weighted by atomic mass is 9.77. The van der Waals surface area contributed by atoms with Crippen LogP contribution < -0.4 is 5.73 Å². The van der Waals surface area contributed by atoms with Crippen LogP contribution in [0.5, 0.6) is 0 Å². The van der Waals surface area contributed by atoms with Crippen molar-refractivity contribution >= 4 is 11.3 Å². The quantitative estimate of drug-likeness (QED) is 0.901. The highest BCUT2D eigenvalue weighted by molar-refractivity contribution is 7.10. The fraction of sp³-hybridized carbons (Fsp3) is 0.733. The summed E-state index contributed by atoms with van der Waals surface area (Å²) in [6, 6.07) is 4.97. The molecule has 0 bridgehead atoms. The molecule has 0 spiro atoms. The maximum atomic E-state index is 6.22. The van der Waals surface area contributed by atoms with Crippen molar-refractivity contribution in [2.45, 2.75) is 52.1 Å². The van der Waals surface area contributed by atoms with Gasteiger partial charge in [-0.2, -0.15) is 0 Å².